The number of hydrogen-bond acceptors (Lipinski definition) is 6. The van der Waals surface area contributed by atoms with Crippen molar-refractivity contribution in [2.45, 2.75) is 19.2 Å². The van der Waals surface area contributed by atoms with E-state index >= 15 is 0 Å². The Kier molecular flexibility index (Phi) is 4.94. The maximum absolute atomic E-state index is 12.3. The predicted molar refractivity (Wildman–Crippen MR) is 92.0 cm³/mol. The zero-order chi connectivity index (χ0) is 18.1. The van der Waals surface area contributed by atoms with Gasteiger partial charge in [-0.25, -0.2) is 0 Å². The standard InChI is InChI=1S/C17H25N5O4/c1-2-26-17-13-14(22(17)20-16(13)24)12-9-11(10-19-12)15(23)18-3-4-21-5-7-25-8-6-21/h9-10,13-14,17,19H,2-8H2,1H3,(H,18,23)(H,20,24). The summed E-state index contributed by atoms with van der Waals surface area (Å²) in [5, 5.41) is 4.76. The lowest BCUT2D eigenvalue weighted by Crippen LogP contribution is -2.54. The summed E-state index contributed by atoms with van der Waals surface area (Å²) in [4.78, 5) is 29.7. The van der Waals surface area contributed by atoms with Crippen molar-refractivity contribution in [1.29, 1.82) is 0 Å². The van der Waals surface area contributed by atoms with Crippen LogP contribution in [0.2, 0.25) is 0 Å². The van der Waals surface area contributed by atoms with Crippen LogP contribution in [0.5, 0.6) is 0 Å². The van der Waals surface area contributed by atoms with Crippen molar-refractivity contribution in [2.75, 3.05) is 46.0 Å². The van der Waals surface area contributed by atoms with E-state index in [1.54, 1.807) is 6.20 Å². The largest absolute Gasteiger partial charge is 0.379 e. The molecule has 9 heteroatoms. The van der Waals surface area contributed by atoms with E-state index in [2.05, 4.69) is 20.6 Å². The van der Waals surface area contributed by atoms with Crippen LogP contribution in [0.3, 0.4) is 0 Å². The first kappa shape index (κ1) is 17.5. The van der Waals surface area contributed by atoms with Crippen molar-refractivity contribution in [3.63, 3.8) is 0 Å². The van der Waals surface area contributed by atoms with Crippen LogP contribution in [0.25, 0.3) is 0 Å². The molecular formula is C17H25N5O4. The maximum Gasteiger partial charge on any atom is 0.252 e. The van der Waals surface area contributed by atoms with Gasteiger partial charge in [0, 0.05) is 44.7 Å². The highest BCUT2D eigenvalue weighted by molar-refractivity contribution is 5.94. The van der Waals surface area contributed by atoms with Gasteiger partial charge in [-0.15, -0.1) is 0 Å². The van der Waals surface area contributed by atoms with Gasteiger partial charge in [-0.1, -0.05) is 0 Å². The number of H-pyrrole nitrogens is 1. The van der Waals surface area contributed by atoms with E-state index < -0.39 is 0 Å². The second-order valence-corrected chi connectivity index (χ2v) is 6.75. The van der Waals surface area contributed by atoms with Crippen LogP contribution in [-0.4, -0.2) is 78.9 Å². The Morgan fingerprint density at radius 3 is 2.92 bits per heavy atom. The quantitative estimate of drug-likeness (QED) is 0.602. The summed E-state index contributed by atoms with van der Waals surface area (Å²) in [5.74, 6) is -0.367. The molecule has 4 saturated heterocycles. The third-order valence-electron chi connectivity index (χ3n) is 5.20. The van der Waals surface area contributed by atoms with Crippen LogP contribution in [0, 0.1) is 5.92 Å². The van der Waals surface area contributed by atoms with Crippen LogP contribution in [0.1, 0.15) is 29.0 Å². The second kappa shape index (κ2) is 7.36. The Balaban J connectivity index is 1.30. The number of nitrogens with zero attached hydrogens (tertiary/aromatic N) is 2. The predicted octanol–water partition coefficient (Wildman–Crippen LogP) is -0.543. The van der Waals surface area contributed by atoms with Gasteiger partial charge in [-0.05, 0) is 13.0 Å². The number of amides is 2. The average molecular weight is 363 g/mol. The van der Waals surface area contributed by atoms with E-state index in [9.17, 15) is 9.59 Å². The minimum absolute atomic E-state index is 0.0282. The molecule has 4 atom stereocenters. The monoisotopic (exact) mass is 363 g/mol. The average Bonchev–Trinajstić information content (AvgIpc) is 3.33. The number of carbonyl (C=O) groups is 2. The van der Waals surface area contributed by atoms with E-state index in [0.717, 1.165) is 38.5 Å². The van der Waals surface area contributed by atoms with Crippen molar-refractivity contribution in [3.8, 4) is 0 Å². The fourth-order valence-electron chi connectivity index (χ4n) is 3.83. The highest BCUT2D eigenvalue weighted by atomic mass is 16.5. The smallest absolute Gasteiger partial charge is 0.252 e. The first-order chi connectivity index (χ1) is 12.7. The molecule has 2 amide bonds. The second-order valence-electron chi connectivity index (χ2n) is 6.75. The molecular weight excluding hydrogens is 338 g/mol. The molecule has 4 aliphatic heterocycles. The molecule has 0 radical (unpaired) electrons. The highest BCUT2D eigenvalue weighted by Gasteiger charge is 2.61. The SMILES string of the molecule is CCOC1C2C(=O)NN1C2c1cc(C(=O)NCCN2CCOCC2)c[nH]1. The molecule has 4 fully saturated rings. The van der Waals surface area contributed by atoms with Gasteiger partial charge < -0.3 is 19.8 Å². The lowest BCUT2D eigenvalue weighted by Gasteiger charge is -2.42. The number of hydrogen-bond donors (Lipinski definition) is 3. The van der Waals surface area contributed by atoms with E-state index in [1.165, 1.54) is 0 Å². The summed E-state index contributed by atoms with van der Waals surface area (Å²) in [6, 6.07) is 1.71. The molecule has 0 aromatic carbocycles. The Labute approximate surface area is 152 Å². The van der Waals surface area contributed by atoms with Gasteiger partial charge >= 0.3 is 0 Å². The molecule has 142 valence electrons. The first-order valence-corrected chi connectivity index (χ1v) is 9.16. The summed E-state index contributed by atoms with van der Waals surface area (Å²) in [7, 11) is 0. The van der Waals surface area contributed by atoms with Gasteiger partial charge in [0.25, 0.3) is 5.91 Å². The fourth-order valence-corrected chi connectivity index (χ4v) is 3.83. The summed E-state index contributed by atoms with van der Waals surface area (Å²) in [5.41, 5.74) is 4.24. The van der Waals surface area contributed by atoms with Crippen molar-refractivity contribution in [2.24, 2.45) is 5.92 Å². The molecule has 5 rings (SSSR count). The normalized spacial score (nSPS) is 30.7. The number of nitrogens with one attached hydrogen (secondary N) is 3. The number of hydrazine groups is 1. The van der Waals surface area contributed by atoms with Gasteiger partial charge in [0.2, 0.25) is 5.91 Å². The van der Waals surface area contributed by atoms with Crippen molar-refractivity contribution in [3.05, 3.63) is 23.5 Å². The Morgan fingerprint density at radius 2 is 2.23 bits per heavy atom. The number of aromatic amines is 1. The number of carbonyl (C=O) groups excluding carboxylic acids is 2. The minimum Gasteiger partial charge on any atom is -0.379 e. The number of morpholine rings is 1. The molecule has 1 aromatic rings. The summed E-state index contributed by atoms with van der Waals surface area (Å²) >= 11 is 0. The van der Waals surface area contributed by atoms with Crippen LogP contribution in [0.15, 0.2) is 12.3 Å². The third kappa shape index (κ3) is 3.11. The molecule has 9 nitrogen and oxygen atoms in total. The van der Waals surface area contributed by atoms with Gasteiger partial charge in [0.1, 0.15) is 12.1 Å². The van der Waals surface area contributed by atoms with Crippen molar-refractivity contribution in [1.82, 2.24) is 25.6 Å². The zero-order valence-corrected chi connectivity index (χ0v) is 14.9. The first-order valence-electron chi connectivity index (χ1n) is 9.16. The number of fused-ring (bicyclic) bond motifs is 1. The van der Waals surface area contributed by atoms with Gasteiger partial charge in [0.05, 0.1) is 24.8 Å². The molecule has 1 aromatic heterocycles. The van der Waals surface area contributed by atoms with Crippen molar-refractivity contribution >= 4 is 11.8 Å². The van der Waals surface area contributed by atoms with Crippen LogP contribution >= 0.6 is 0 Å². The van der Waals surface area contributed by atoms with Crippen molar-refractivity contribution < 1.29 is 19.1 Å². The maximum atomic E-state index is 12.3. The topological polar surface area (TPSA) is 98.9 Å². The number of ether oxygens (including phenoxy) is 2. The van der Waals surface area contributed by atoms with Gasteiger partial charge in [0.15, 0.2) is 0 Å². The molecule has 26 heavy (non-hydrogen) atoms. The minimum atomic E-state index is -0.231. The van der Waals surface area contributed by atoms with Crippen LogP contribution < -0.4 is 10.7 Å². The molecule has 0 saturated carbocycles. The number of rotatable bonds is 7. The van der Waals surface area contributed by atoms with E-state index in [0.29, 0.717) is 18.7 Å². The van der Waals surface area contributed by atoms with Crippen LogP contribution in [0.4, 0.5) is 0 Å². The lowest BCUT2D eigenvalue weighted by atomic mass is 9.88. The van der Waals surface area contributed by atoms with E-state index in [-0.39, 0.29) is 30.0 Å². The van der Waals surface area contributed by atoms with E-state index in [4.69, 9.17) is 9.47 Å². The van der Waals surface area contributed by atoms with Gasteiger partial charge in [-0.2, -0.15) is 5.01 Å². The molecule has 5 heterocycles. The Hall–Kier alpha value is -1.94. The molecule has 4 unspecified atom stereocenters. The third-order valence-corrected chi connectivity index (χ3v) is 5.20. The molecule has 4 aliphatic rings. The summed E-state index contributed by atoms with van der Waals surface area (Å²) in [6.45, 7) is 7.21. The molecule has 0 spiro atoms. The Morgan fingerprint density at radius 1 is 1.42 bits per heavy atom. The number of aromatic nitrogens is 1. The van der Waals surface area contributed by atoms with Gasteiger partial charge in [-0.3, -0.25) is 19.9 Å². The molecule has 0 aliphatic carbocycles. The summed E-state index contributed by atoms with van der Waals surface area (Å²) < 4.78 is 10.9. The fraction of sp³-hybridized carbons (Fsp3) is 0.647. The summed E-state index contributed by atoms with van der Waals surface area (Å²) in [6.07, 6.45) is 1.48. The molecule has 3 N–H and O–H groups in total. The molecule has 2 bridgehead atoms. The lowest BCUT2D eigenvalue weighted by molar-refractivity contribution is -0.174. The van der Waals surface area contributed by atoms with E-state index in [1.807, 2.05) is 18.0 Å². The van der Waals surface area contributed by atoms with Crippen LogP contribution in [-0.2, 0) is 14.3 Å². The highest BCUT2D eigenvalue weighted by Crippen LogP contribution is 2.47. The Bertz CT molecular complexity index is 672. The zero-order valence-electron chi connectivity index (χ0n) is 14.9.